The van der Waals surface area contributed by atoms with Gasteiger partial charge in [0.15, 0.2) is 5.25 Å². The molecule has 2 N–H and O–H groups in total. The molecule has 0 fully saturated rings. The van der Waals surface area contributed by atoms with Crippen LogP contribution in [0.25, 0.3) is 0 Å². The van der Waals surface area contributed by atoms with Crippen LogP contribution < -0.4 is 5.32 Å². The zero-order valence-corrected chi connectivity index (χ0v) is 12.6. The van der Waals surface area contributed by atoms with Crippen molar-refractivity contribution in [1.82, 2.24) is 5.32 Å². The highest BCUT2D eigenvalue weighted by Gasteiger charge is 2.32. The number of rotatable bonds is 7. The highest BCUT2D eigenvalue weighted by molar-refractivity contribution is 7.86. The average molecular weight is 299 g/mol. The van der Waals surface area contributed by atoms with E-state index < -0.39 is 21.3 Å². The first kappa shape index (κ1) is 16.7. The van der Waals surface area contributed by atoms with Crippen LogP contribution in [0.3, 0.4) is 0 Å². The van der Waals surface area contributed by atoms with Gasteiger partial charge < -0.3 is 5.32 Å². The topological polar surface area (TPSA) is 83.5 Å². The minimum absolute atomic E-state index is 0.260. The van der Waals surface area contributed by atoms with E-state index in [9.17, 15) is 17.8 Å². The van der Waals surface area contributed by atoms with E-state index in [1.54, 1.807) is 18.2 Å². The Morgan fingerprint density at radius 3 is 2.40 bits per heavy atom. The van der Waals surface area contributed by atoms with Gasteiger partial charge in [0, 0.05) is 6.54 Å². The van der Waals surface area contributed by atoms with E-state index in [1.165, 1.54) is 12.1 Å². The van der Waals surface area contributed by atoms with E-state index in [0.29, 0.717) is 12.5 Å². The third kappa shape index (κ3) is 4.94. The summed E-state index contributed by atoms with van der Waals surface area (Å²) < 4.78 is 32.1. The average Bonchev–Trinajstić information content (AvgIpc) is 2.38. The van der Waals surface area contributed by atoms with E-state index in [-0.39, 0.29) is 5.56 Å². The van der Waals surface area contributed by atoms with E-state index in [1.807, 2.05) is 0 Å². The molecule has 2 unspecified atom stereocenters. The Hall–Kier alpha value is -1.40. The molecule has 0 aliphatic rings. The van der Waals surface area contributed by atoms with Crippen molar-refractivity contribution in [2.24, 2.45) is 5.92 Å². The normalized spacial score (nSPS) is 14.6. The summed E-state index contributed by atoms with van der Waals surface area (Å²) in [7, 11) is -4.49. The standard InChI is InChI=1S/C14H21NO4S/c1-3-11(2)9-10-15-14(16)13(20(17,18)19)12-7-5-4-6-8-12/h4-8,11,13H,3,9-10H2,1-2H3,(H,15,16)(H,17,18,19). The molecule has 5 nitrogen and oxygen atoms in total. The van der Waals surface area contributed by atoms with Crippen LogP contribution >= 0.6 is 0 Å². The van der Waals surface area contributed by atoms with Crippen molar-refractivity contribution >= 4 is 16.0 Å². The predicted molar refractivity (Wildman–Crippen MR) is 77.8 cm³/mol. The van der Waals surface area contributed by atoms with Crippen LogP contribution in [-0.4, -0.2) is 25.4 Å². The lowest BCUT2D eigenvalue weighted by Crippen LogP contribution is -2.34. The van der Waals surface area contributed by atoms with Crippen molar-refractivity contribution in [2.75, 3.05) is 6.54 Å². The van der Waals surface area contributed by atoms with Gasteiger partial charge in [0.25, 0.3) is 10.1 Å². The molecule has 0 radical (unpaired) electrons. The van der Waals surface area contributed by atoms with Crippen LogP contribution in [-0.2, 0) is 14.9 Å². The zero-order chi connectivity index (χ0) is 15.2. The van der Waals surface area contributed by atoms with Crippen molar-refractivity contribution in [2.45, 2.75) is 31.9 Å². The fourth-order valence-electron chi connectivity index (χ4n) is 1.83. The van der Waals surface area contributed by atoms with E-state index in [2.05, 4.69) is 19.2 Å². The Balaban J connectivity index is 2.78. The van der Waals surface area contributed by atoms with Crippen molar-refractivity contribution in [1.29, 1.82) is 0 Å². The molecular formula is C14H21NO4S. The molecule has 0 aliphatic heterocycles. The second-order valence-electron chi connectivity index (χ2n) is 4.90. The Labute approximate surface area is 120 Å². The molecule has 112 valence electrons. The summed E-state index contributed by atoms with van der Waals surface area (Å²) in [5.41, 5.74) is 0.260. The molecule has 0 aliphatic carbocycles. The molecule has 0 spiro atoms. The number of carbonyl (C=O) groups excluding carboxylic acids is 1. The van der Waals surface area contributed by atoms with Crippen LogP contribution in [0, 0.1) is 5.92 Å². The van der Waals surface area contributed by atoms with Crippen LogP contribution in [0.1, 0.15) is 37.5 Å². The van der Waals surface area contributed by atoms with Gasteiger partial charge in [0.1, 0.15) is 0 Å². The largest absolute Gasteiger partial charge is 0.355 e. The second kappa shape index (κ2) is 7.40. The highest BCUT2D eigenvalue weighted by Crippen LogP contribution is 2.21. The van der Waals surface area contributed by atoms with Crippen molar-refractivity contribution in [3.05, 3.63) is 35.9 Å². The Bertz CT molecular complexity index is 527. The fraction of sp³-hybridized carbons (Fsp3) is 0.500. The summed E-state index contributed by atoms with van der Waals surface area (Å²) >= 11 is 0. The summed E-state index contributed by atoms with van der Waals surface area (Å²) in [6.45, 7) is 4.51. The van der Waals surface area contributed by atoms with Crippen LogP contribution in [0.15, 0.2) is 30.3 Å². The second-order valence-corrected chi connectivity index (χ2v) is 6.40. The summed E-state index contributed by atoms with van der Waals surface area (Å²) in [5.74, 6) is -0.238. The summed E-state index contributed by atoms with van der Waals surface area (Å²) in [5, 5.41) is 1.01. The molecule has 0 saturated heterocycles. The third-order valence-electron chi connectivity index (χ3n) is 3.27. The summed E-state index contributed by atoms with van der Waals surface area (Å²) in [6.07, 6.45) is 1.77. The van der Waals surface area contributed by atoms with Gasteiger partial charge in [-0.15, -0.1) is 0 Å². The maximum Gasteiger partial charge on any atom is 0.281 e. The Kier molecular flexibility index (Phi) is 6.16. The first-order valence-electron chi connectivity index (χ1n) is 6.65. The molecule has 20 heavy (non-hydrogen) atoms. The lowest BCUT2D eigenvalue weighted by Gasteiger charge is -2.15. The first-order valence-corrected chi connectivity index (χ1v) is 8.15. The minimum Gasteiger partial charge on any atom is -0.355 e. The smallest absolute Gasteiger partial charge is 0.281 e. The summed E-state index contributed by atoms with van der Waals surface area (Å²) in [6, 6.07) is 7.98. The lowest BCUT2D eigenvalue weighted by atomic mass is 10.1. The number of carbonyl (C=O) groups is 1. The van der Waals surface area contributed by atoms with E-state index >= 15 is 0 Å². The molecule has 0 bridgehead atoms. The molecular weight excluding hydrogens is 278 g/mol. The molecule has 0 aromatic heterocycles. The van der Waals surface area contributed by atoms with Gasteiger partial charge in [-0.1, -0.05) is 50.6 Å². The SMILES string of the molecule is CCC(C)CCNC(=O)C(c1ccccc1)S(=O)(=O)O. The zero-order valence-electron chi connectivity index (χ0n) is 11.7. The van der Waals surface area contributed by atoms with Gasteiger partial charge in [0.05, 0.1) is 0 Å². The molecule has 1 rings (SSSR count). The van der Waals surface area contributed by atoms with E-state index in [0.717, 1.165) is 12.8 Å². The maximum atomic E-state index is 12.0. The van der Waals surface area contributed by atoms with Crippen molar-refractivity contribution < 1.29 is 17.8 Å². The van der Waals surface area contributed by atoms with Crippen LogP contribution in [0.2, 0.25) is 0 Å². The molecule has 1 aromatic rings. The predicted octanol–water partition coefficient (Wildman–Crippen LogP) is 2.17. The van der Waals surface area contributed by atoms with Gasteiger partial charge in [-0.25, -0.2) is 0 Å². The maximum absolute atomic E-state index is 12.0. The van der Waals surface area contributed by atoms with Gasteiger partial charge >= 0.3 is 0 Å². The number of amides is 1. The molecule has 2 atom stereocenters. The van der Waals surface area contributed by atoms with Gasteiger partial charge in [0.2, 0.25) is 5.91 Å². The summed E-state index contributed by atoms with van der Waals surface area (Å²) in [4.78, 5) is 12.0. The van der Waals surface area contributed by atoms with Crippen molar-refractivity contribution in [3.63, 3.8) is 0 Å². The van der Waals surface area contributed by atoms with Crippen LogP contribution in [0.4, 0.5) is 0 Å². The van der Waals surface area contributed by atoms with Gasteiger partial charge in [-0.2, -0.15) is 8.42 Å². The number of nitrogens with one attached hydrogen (secondary N) is 1. The van der Waals surface area contributed by atoms with Gasteiger partial charge in [-0.3, -0.25) is 9.35 Å². The Morgan fingerprint density at radius 2 is 1.90 bits per heavy atom. The molecule has 1 amide bonds. The molecule has 0 saturated carbocycles. The van der Waals surface area contributed by atoms with Crippen LogP contribution in [0.5, 0.6) is 0 Å². The fourth-order valence-corrected chi connectivity index (χ4v) is 2.68. The van der Waals surface area contributed by atoms with Crippen molar-refractivity contribution in [3.8, 4) is 0 Å². The van der Waals surface area contributed by atoms with E-state index in [4.69, 9.17) is 0 Å². The lowest BCUT2D eigenvalue weighted by molar-refractivity contribution is -0.120. The Morgan fingerprint density at radius 1 is 1.30 bits per heavy atom. The number of hydrogen-bond donors (Lipinski definition) is 2. The molecule has 1 aromatic carbocycles. The monoisotopic (exact) mass is 299 g/mol. The quantitative estimate of drug-likeness (QED) is 0.756. The minimum atomic E-state index is -4.49. The van der Waals surface area contributed by atoms with Gasteiger partial charge in [-0.05, 0) is 17.9 Å². The third-order valence-corrected chi connectivity index (χ3v) is 4.35. The number of hydrogen-bond acceptors (Lipinski definition) is 3. The highest BCUT2D eigenvalue weighted by atomic mass is 32.2. The first-order chi connectivity index (χ1) is 9.36. The molecule has 6 heteroatoms. The molecule has 0 heterocycles. The number of benzene rings is 1.